The van der Waals surface area contributed by atoms with Crippen molar-refractivity contribution in [2.45, 2.75) is 13.5 Å². The van der Waals surface area contributed by atoms with E-state index in [2.05, 4.69) is 37.3 Å². The standard InChI is InChI=1S/C21H19ClN6S/c1-13-26-16(12-29-13)11-28-19-5-3-2-4-17(19)18(10-25-27-21(23)24)20(28)14-6-8-15(22)9-7-14/h2-10,12H,11H2,1H3,(H4,23,24,27)/b25-10+. The fraction of sp³-hybridized carbons (Fsp3) is 0.0952. The Labute approximate surface area is 177 Å². The van der Waals surface area contributed by atoms with Crippen molar-refractivity contribution in [3.05, 3.63) is 75.2 Å². The number of halogens is 1. The van der Waals surface area contributed by atoms with Crippen LogP contribution in [0.25, 0.3) is 22.2 Å². The molecule has 6 nitrogen and oxygen atoms in total. The van der Waals surface area contributed by atoms with Crippen LogP contribution in [-0.2, 0) is 6.54 Å². The van der Waals surface area contributed by atoms with E-state index in [1.807, 2.05) is 43.3 Å². The van der Waals surface area contributed by atoms with Gasteiger partial charge in [-0.05, 0) is 30.7 Å². The number of thiazole rings is 1. The average Bonchev–Trinajstić information content (AvgIpc) is 3.24. The van der Waals surface area contributed by atoms with Gasteiger partial charge in [0.2, 0.25) is 5.96 Å². The highest BCUT2D eigenvalue weighted by atomic mass is 35.5. The van der Waals surface area contributed by atoms with Crippen LogP contribution in [0.1, 0.15) is 16.3 Å². The van der Waals surface area contributed by atoms with Gasteiger partial charge >= 0.3 is 0 Å². The Bertz CT molecular complexity index is 1220. The summed E-state index contributed by atoms with van der Waals surface area (Å²) in [6.45, 7) is 2.65. The Morgan fingerprint density at radius 2 is 1.93 bits per heavy atom. The molecule has 0 fully saturated rings. The highest BCUT2D eigenvalue weighted by Crippen LogP contribution is 2.34. The second-order valence-electron chi connectivity index (χ2n) is 6.50. The minimum absolute atomic E-state index is 0.0871. The van der Waals surface area contributed by atoms with E-state index in [1.54, 1.807) is 17.6 Å². The summed E-state index contributed by atoms with van der Waals surface area (Å²) < 4.78 is 2.24. The van der Waals surface area contributed by atoms with E-state index < -0.39 is 0 Å². The van der Waals surface area contributed by atoms with Crippen LogP contribution in [0.3, 0.4) is 0 Å². The molecule has 0 radical (unpaired) electrons. The molecule has 2 heterocycles. The molecule has 29 heavy (non-hydrogen) atoms. The fourth-order valence-electron chi connectivity index (χ4n) is 3.34. The van der Waals surface area contributed by atoms with Gasteiger partial charge in [0, 0.05) is 26.9 Å². The molecule has 0 spiro atoms. The number of fused-ring (bicyclic) bond motifs is 1. The van der Waals surface area contributed by atoms with Gasteiger partial charge < -0.3 is 16.0 Å². The van der Waals surface area contributed by atoms with Crippen molar-refractivity contribution in [3.8, 4) is 11.3 Å². The maximum Gasteiger partial charge on any atom is 0.211 e. The quantitative estimate of drug-likeness (QED) is 0.284. The summed E-state index contributed by atoms with van der Waals surface area (Å²) in [5.74, 6) is -0.0871. The minimum atomic E-state index is -0.0871. The molecule has 0 saturated heterocycles. The predicted octanol–water partition coefficient (Wildman–Crippen LogP) is 4.38. The van der Waals surface area contributed by atoms with E-state index in [0.717, 1.165) is 38.4 Å². The predicted molar refractivity (Wildman–Crippen MR) is 122 cm³/mol. The molecular formula is C21H19ClN6S. The third-order valence-corrected chi connectivity index (χ3v) is 5.55. The largest absolute Gasteiger partial charge is 0.369 e. The molecular weight excluding hydrogens is 404 g/mol. The van der Waals surface area contributed by atoms with E-state index >= 15 is 0 Å². The van der Waals surface area contributed by atoms with Crippen LogP contribution in [0.5, 0.6) is 0 Å². The first-order valence-corrected chi connectivity index (χ1v) is 10.2. The number of aromatic nitrogens is 2. The van der Waals surface area contributed by atoms with Gasteiger partial charge in [0.05, 0.1) is 29.2 Å². The zero-order chi connectivity index (χ0) is 20.4. The molecule has 4 aromatic rings. The Morgan fingerprint density at radius 3 is 2.62 bits per heavy atom. The lowest BCUT2D eigenvalue weighted by molar-refractivity contribution is 0.818. The molecule has 2 aromatic heterocycles. The number of hydrogen-bond acceptors (Lipinski definition) is 4. The van der Waals surface area contributed by atoms with Crippen molar-refractivity contribution in [3.63, 3.8) is 0 Å². The van der Waals surface area contributed by atoms with Crippen LogP contribution < -0.4 is 11.5 Å². The van der Waals surface area contributed by atoms with Crippen LogP contribution in [0.2, 0.25) is 5.02 Å². The molecule has 0 aliphatic rings. The van der Waals surface area contributed by atoms with Gasteiger partial charge in [-0.15, -0.1) is 16.4 Å². The highest BCUT2D eigenvalue weighted by Gasteiger charge is 2.18. The Hall–Kier alpha value is -3.16. The van der Waals surface area contributed by atoms with Crippen LogP contribution >= 0.6 is 22.9 Å². The zero-order valence-corrected chi connectivity index (χ0v) is 17.3. The number of rotatable bonds is 5. The Morgan fingerprint density at radius 1 is 1.17 bits per heavy atom. The molecule has 0 atom stereocenters. The van der Waals surface area contributed by atoms with Crippen molar-refractivity contribution in [1.82, 2.24) is 9.55 Å². The molecule has 0 unspecified atom stereocenters. The molecule has 0 aliphatic heterocycles. The molecule has 0 amide bonds. The summed E-state index contributed by atoms with van der Waals surface area (Å²) in [5, 5.41) is 12.7. The van der Waals surface area contributed by atoms with Crippen molar-refractivity contribution >= 4 is 46.0 Å². The van der Waals surface area contributed by atoms with Crippen molar-refractivity contribution < 1.29 is 0 Å². The fourth-order valence-corrected chi connectivity index (χ4v) is 4.07. The molecule has 146 valence electrons. The molecule has 0 bridgehead atoms. The van der Waals surface area contributed by atoms with E-state index in [4.69, 9.17) is 23.1 Å². The molecule has 4 rings (SSSR count). The molecule has 0 saturated carbocycles. The number of benzene rings is 2. The summed E-state index contributed by atoms with van der Waals surface area (Å²) in [6, 6.07) is 15.9. The maximum absolute atomic E-state index is 6.12. The SMILES string of the molecule is Cc1nc(Cn2c(-c3ccc(Cl)cc3)c(/C=N/N=C(N)N)c3ccccc32)cs1. The van der Waals surface area contributed by atoms with E-state index in [0.29, 0.717) is 11.6 Å². The third kappa shape index (κ3) is 4.01. The molecule has 8 heteroatoms. The topological polar surface area (TPSA) is 94.6 Å². The number of nitrogens with two attached hydrogens (primary N) is 2. The van der Waals surface area contributed by atoms with E-state index in [9.17, 15) is 0 Å². The first-order valence-electron chi connectivity index (χ1n) is 8.93. The van der Waals surface area contributed by atoms with Gasteiger partial charge in [-0.1, -0.05) is 41.9 Å². The van der Waals surface area contributed by atoms with Gasteiger partial charge in [-0.2, -0.15) is 5.10 Å². The number of para-hydroxylation sites is 1. The number of aryl methyl sites for hydroxylation is 1. The van der Waals surface area contributed by atoms with Gasteiger partial charge in [0.1, 0.15) is 0 Å². The highest BCUT2D eigenvalue weighted by molar-refractivity contribution is 7.09. The summed E-state index contributed by atoms with van der Waals surface area (Å²) in [5.41, 5.74) is 15.9. The van der Waals surface area contributed by atoms with Crippen LogP contribution in [0.15, 0.2) is 64.1 Å². The third-order valence-electron chi connectivity index (χ3n) is 4.47. The zero-order valence-electron chi connectivity index (χ0n) is 15.7. The van der Waals surface area contributed by atoms with Crippen molar-refractivity contribution in [2.24, 2.45) is 21.7 Å². The minimum Gasteiger partial charge on any atom is -0.369 e. The van der Waals surface area contributed by atoms with E-state index in [1.165, 1.54) is 0 Å². The first kappa shape index (κ1) is 19.2. The first-order chi connectivity index (χ1) is 14.0. The van der Waals surface area contributed by atoms with Gasteiger partial charge in [-0.3, -0.25) is 0 Å². The Balaban J connectivity index is 1.98. The number of hydrogen-bond donors (Lipinski definition) is 2. The molecule has 0 aliphatic carbocycles. The van der Waals surface area contributed by atoms with Crippen LogP contribution in [0, 0.1) is 6.92 Å². The van der Waals surface area contributed by atoms with Gasteiger partial charge in [0.25, 0.3) is 0 Å². The maximum atomic E-state index is 6.12. The second-order valence-corrected chi connectivity index (χ2v) is 8.00. The van der Waals surface area contributed by atoms with Crippen LogP contribution in [0.4, 0.5) is 0 Å². The lowest BCUT2D eigenvalue weighted by atomic mass is 10.1. The smallest absolute Gasteiger partial charge is 0.211 e. The summed E-state index contributed by atoms with van der Waals surface area (Å²) in [7, 11) is 0. The Kier molecular flexibility index (Phi) is 5.33. The normalized spacial score (nSPS) is 11.4. The summed E-state index contributed by atoms with van der Waals surface area (Å²) in [6.07, 6.45) is 1.69. The summed E-state index contributed by atoms with van der Waals surface area (Å²) >= 11 is 7.76. The lowest BCUT2D eigenvalue weighted by Gasteiger charge is -2.11. The van der Waals surface area contributed by atoms with Gasteiger partial charge in [0.15, 0.2) is 0 Å². The van der Waals surface area contributed by atoms with Crippen LogP contribution in [-0.4, -0.2) is 21.7 Å². The monoisotopic (exact) mass is 422 g/mol. The summed E-state index contributed by atoms with van der Waals surface area (Å²) in [4.78, 5) is 4.64. The number of guanidine groups is 1. The second kappa shape index (κ2) is 8.06. The molecule has 4 N–H and O–H groups in total. The average molecular weight is 423 g/mol. The van der Waals surface area contributed by atoms with E-state index in [-0.39, 0.29) is 5.96 Å². The number of nitrogens with zero attached hydrogens (tertiary/aromatic N) is 4. The van der Waals surface area contributed by atoms with Gasteiger partial charge in [-0.25, -0.2) is 4.98 Å². The molecule has 2 aromatic carbocycles. The lowest BCUT2D eigenvalue weighted by Crippen LogP contribution is -2.21. The van der Waals surface area contributed by atoms with Crippen molar-refractivity contribution in [1.29, 1.82) is 0 Å². The van der Waals surface area contributed by atoms with Crippen molar-refractivity contribution in [2.75, 3.05) is 0 Å².